The van der Waals surface area contributed by atoms with Crippen LogP contribution in [0.3, 0.4) is 0 Å². The highest BCUT2D eigenvalue weighted by atomic mass is 32.1. The Morgan fingerprint density at radius 1 is 1.21 bits per heavy atom. The van der Waals surface area contributed by atoms with E-state index >= 15 is 0 Å². The molecule has 1 aromatic carbocycles. The maximum Gasteiger partial charge on any atom is 0.332 e. The van der Waals surface area contributed by atoms with E-state index in [2.05, 4.69) is 28.3 Å². The third-order valence-corrected chi connectivity index (χ3v) is 5.57. The molecule has 0 saturated heterocycles. The van der Waals surface area contributed by atoms with Gasteiger partial charge in [-0.2, -0.15) is 0 Å². The number of amides is 1. The number of aryl methyl sites for hydroxylation is 2. The first-order chi connectivity index (χ1) is 13.4. The fourth-order valence-corrected chi connectivity index (χ4v) is 4.02. The monoisotopic (exact) mass is 398 g/mol. The molecule has 0 spiro atoms. The largest absolute Gasteiger partial charge is 0.332 e. The van der Waals surface area contributed by atoms with E-state index in [4.69, 9.17) is 0 Å². The van der Waals surface area contributed by atoms with Crippen LogP contribution in [0.15, 0.2) is 34.1 Å². The number of anilines is 1. The summed E-state index contributed by atoms with van der Waals surface area (Å²) >= 11 is 1.40. The van der Waals surface area contributed by atoms with Gasteiger partial charge in [-0.15, -0.1) is 0 Å². The molecule has 1 amide bonds. The summed E-state index contributed by atoms with van der Waals surface area (Å²) in [4.78, 5) is 45.5. The van der Waals surface area contributed by atoms with Crippen LogP contribution >= 0.6 is 11.3 Å². The van der Waals surface area contributed by atoms with Crippen LogP contribution in [0.4, 0.5) is 5.13 Å². The smallest absolute Gasteiger partial charge is 0.315 e. The molecule has 3 aromatic heterocycles. The second-order valence-corrected chi connectivity index (χ2v) is 7.50. The molecule has 0 atom stereocenters. The summed E-state index contributed by atoms with van der Waals surface area (Å²) in [6, 6.07) is 6.02. The van der Waals surface area contributed by atoms with Gasteiger partial charge in [-0.05, 0) is 24.1 Å². The van der Waals surface area contributed by atoms with Crippen molar-refractivity contribution >= 4 is 43.8 Å². The van der Waals surface area contributed by atoms with Gasteiger partial charge in [0.15, 0.2) is 16.3 Å². The molecular formula is C18H18N6O3S. The van der Waals surface area contributed by atoms with Crippen LogP contribution in [-0.2, 0) is 31.9 Å². The van der Waals surface area contributed by atoms with E-state index in [0.29, 0.717) is 5.13 Å². The van der Waals surface area contributed by atoms with Crippen LogP contribution in [0.5, 0.6) is 0 Å². The second kappa shape index (κ2) is 6.71. The molecule has 0 unspecified atom stereocenters. The van der Waals surface area contributed by atoms with Crippen LogP contribution < -0.4 is 16.6 Å². The van der Waals surface area contributed by atoms with Crippen molar-refractivity contribution in [1.82, 2.24) is 23.7 Å². The number of fused-ring (bicyclic) bond motifs is 2. The summed E-state index contributed by atoms with van der Waals surface area (Å²) in [5.41, 5.74) is 1.53. The summed E-state index contributed by atoms with van der Waals surface area (Å²) in [5, 5.41) is 3.27. The van der Waals surface area contributed by atoms with Gasteiger partial charge in [-0.3, -0.25) is 18.7 Å². The lowest BCUT2D eigenvalue weighted by molar-refractivity contribution is -0.116. The van der Waals surface area contributed by atoms with Gasteiger partial charge in [-0.1, -0.05) is 24.3 Å². The van der Waals surface area contributed by atoms with E-state index in [1.165, 1.54) is 46.5 Å². The lowest BCUT2D eigenvalue weighted by atomic mass is 10.2. The van der Waals surface area contributed by atoms with Gasteiger partial charge in [0.25, 0.3) is 5.56 Å². The molecule has 1 N–H and O–H groups in total. The molecule has 3 heterocycles. The number of nitrogens with one attached hydrogen (secondary N) is 1. The Bertz CT molecular complexity index is 1340. The summed E-state index contributed by atoms with van der Waals surface area (Å²) in [5.74, 6) is -0.329. The first kappa shape index (κ1) is 18.1. The summed E-state index contributed by atoms with van der Waals surface area (Å²) < 4.78 is 4.72. The number of thiazole rings is 1. The number of carbonyl (C=O) groups excluding carboxylic acids is 1. The van der Waals surface area contributed by atoms with Gasteiger partial charge in [0.05, 0.1) is 16.5 Å². The van der Waals surface area contributed by atoms with Crippen molar-refractivity contribution in [3.8, 4) is 0 Å². The predicted molar refractivity (Wildman–Crippen MR) is 108 cm³/mol. The Labute approximate surface area is 162 Å². The van der Waals surface area contributed by atoms with E-state index in [0.717, 1.165) is 21.2 Å². The third kappa shape index (κ3) is 2.91. The average molecular weight is 398 g/mol. The molecule has 4 rings (SSSR count). The molecule has 10 heteroatoms. The molecule has 144 valence electrons. The highest BCUT2D eigenvalue weighted by Gasteiger charge is 2.16. The Morgan fingerprint density at radius 2 is 2.00 bits per heavy atom. The Balaban J connectivity index is 1.62. The molecule has 0 aliphatic carbocycles. The molecule has 0 aliphatic heterocycles. The number of aromatic nitrogens is 5. The third-order valence-electron chi connectivity index (χ3n) is 4.64. The molecule has 0 fully saturated rings. The molecule has 0 bridgehead atoms. The lowest BCUT2D eigenvalue weighted by Crippen LogP contribution is -2.37. The van der Waals surface area contributed by atoms with Crippen LogP contribution in [0.1, 0.15) is 12.5 Å². The van der Waals surface area contributed by atoms with Gasteiger partial charge >= 0.3 is 5.69 Å². The van der Waals surface area contributed by atoms with Gasteiger partial charge in [0.2, 0.25) is 5.91 Å². The predicted octanol–water partition coefficient (Wildman–Crippen LogP) is 1.24. The van der Waals surface area contributed by atoms with E-state index < -0.39 is 11.2 Å². The molecule has 9 nitrogen and oxygen atoms in total. The number of carbonyl (C=O) groups is 1. The maximum atomic E-state index is 12.5. The molecular weight excluding hydrogens is 380 g/mol. The second-order valence-electron chi connectivity index (χ2n) is 6.47. The summed E-state index contributed by atoms with van der Waals surface area (Å²) in [6.07, 6.45) is 2.32. The van der Waals surface area contributed by atoms with Crippen LogP contribution in [0.25, 0.3) is 21.4 Å². The Kier molecular flexibility index (Phi) is 4.34. The standard InChI is InChI=1S/C18H18N6O3S/c1-4-10-5-6-11-12(7-10)28-17(20-11)21-13(25)8-24-9-19-15-14(24)16(26)23(3)18(27)22(15)2/h5-7,9H,4,8H2,1-3H3,(H,20,21,25). The summed E-state index contributed by atoms with van der Waals surface area (Å²) in [7, 11) is 2.93. The molecule has 28 heavy (non-hydrogen) atoms. The summed E-state index contributed by atoms with van der Waals surface area (Å²) in [6.45, 7) is 1.97. The molecule has 4 aromatic rings. The van der Waals surface area contributed by atoms with E-state index in [-0.39, 0.29) is 23.6 Å². The minimum Gasteiger partial charge on any atom is -0.315 e. The van der Waals surface area contributed by atoms with Crippen molar-refractivity contribution < 1.29 is 4.79 Å². The number of nitrogens with zero attached hydrogens (tertiary/aromatic N) is 5. The molecule has 0 aliphatic rings. The van der Waals surface area contributed by atoms with E-state index in [1.807, 2.05) is 12.1 Å². The van der Waals surface area contributed by atoms with Gasteiger partial charge in [0, 0.05) is 14.1 Å². The number of rotatable bonds is 4. The first-order valence-corrected chi connectivity index (χ1v) is 9.51. The van der Waals surface area contributed by atoms with Crippen LogP contribution in [0, 0.1) is 0 Å². The highest BCUT2D eigenvalue weighted by molar-refractivity contribution is 7.22. The molecule has 0 saturated carbocycles. The van der Waals surface area contributed by atoms with Gasteiger partial charge in [0.1, 0.15) is 6.54 Å². The normalized spacial score (nSPS) is 11.4. The quantitative estimate of drug-likeness (QED) is 0.557. The zero-order valence-electron chi connectivity index (χ0n) is 15.6. The number of hydrogen-bond acceptors (Lipinski definition) is 6. The van der Waals surface area contributed by atoms with E-state index in [9.17, 15) is 14.4 Å². The van der Waals surface area contributed by atoms with Gasteiger partial charge < -0.3 is 9.88 Å². The van der Waals surface area contributed by atoms with Crippen molar-refractivity contribution in [1.29, 1.82) is 0 Å². The maximum absolute atomic E-state index is 12.5. The van der Waals surface area contributed by atoms with Crippen molar-refractivity contribution in [2.24, 2.45) is 14.1 Å². The highest BCUT2D eigenvalue weighted by Crippen LogP contribution is 2.27. The fourth-order valence-electron chi connectivity index (χ4n) is 3.07. The molecule has 0 radical (unpaired) electrons. The average Bonchev–Trinajstić information content (AvgIpc) is 3.27. The van der Waals surface area contributed by atoms with Crippen molar-refractivity contribution in [2.75, 3.05) is 5.32 Å². The zero-order chi connectivity index (χ0) is 20.0. The minimum absolute atomic E-state index is 0.111. The van der Waals surface area contributed by atoms with Crippen molar-refractivity contribution in [3.05, 3.63) is 50.9 Å². The van der Waals surface area contributed by atoms with Crippen molar-refractivity contribution in [3.63, 3.8) is 0 Å². The first-order valence-electron chi connectivity index (χ1n) is 8.69. The lowest BCUT2D eigenvalue weighted by Gasteiger charge is -2.06. The Hall–Kier alpha value is -3.27. The fraction of sp³-hybridized carbons (Fsp3) is 0.278. The number of hydrogen-bond donors (Lipinski definition) is 1. The topological polar surface area (TPSA) is 104 Å². The SMILES string of the molecule is CCc1ccc2nc(NC(=O)Cn3cnc4c3c(=O)n(C)c(=O)n4C)sc2c1. The van der Waals surface area contributed by atoms with Crippen LogP contribution in [-0.4, -0.2) is 29.6 Å². The number of benzene rings is 1. The van der Waals surface area contributed by atoms with Gasteiger partial charge in [-0.25, -0.2) is 14.8 Å². The van der Waals surface area contributed by atoms with E-state index in [1.54, 1.807) is 0 Å². The van der Waals surface area contributed by atoms with Crippen molar-refractivity contribution in [2.45, 2.75) is 19.9 Å². The number of imidazole rings is 1. The minimum atomic E-state index is -0.490. The Morgan fingerprint density at radius 3 is 2.75 bits per heavy atom. The zero-order valence-corrected chi connectivity index (χ0v) is 16.4. The van der Waals surface area contributed by atoms with Crippen LogP contribution in [0.2, 0.25) is 0 Å².